The summed E-state index contributed by atoms with van der Waals surface area (Å²) in [5.74, 6) is 0.732. The van der Waals surface area contributed by atoms with E-state index in [9.17, 15) is 0 Å². The third-order valence-corrected chi connectivity index (χ3v) is 4.30. The first-order chi connectivity index (χ1) is 10.3. The molecule has 0 radical (unpaired) electrons. The normalized spacial score (nSPS) is 21.1. The van der Waals surface area contributed by atoms with Crippen LogP contribution in [0.3, 0.4) is 0 Å². The quantitative estimate of drug-likeness (QED) is 0.939. The third-order valence-electron chi connectivity index (χ3n) is 4.30. The molecule has 2 heterocycles. The van der Waals surface area contributed by atoms with Crippen LogP contribution < -0.4 is 5.32 Å². The lowest BCUT2D eigenvalue weighted by Crippen LogP contribution is -2.39. The summed E-state index contributed by atoms with van der Waals surface area (Å²) < 4.78 is 0. The maximum atomic E-state index is 4.56. The molecule has 1 aliphatic rings. The molecule has 1 fully saturated rings. The minimum absolute atomic E-state index is 0.732. The van der Waals surface area contributed by atoms with Gasteiger partial charge in [0.05, 0.1) is 5.52 Å². The van der Waals surface area contributed by atoms with Crippen LogP contribution in [0.15, 0.2) is 36.5 Å². The number of hydrogen-bond acceptors (Lipinski definition) is 3. The first-order valence-corrected chi connectivity index (χ1v) is 8.08. The molecule has 3 rings (SSSR count). The first-order valence-electron chi connectivity index (χ1n) is 8.08. The molecule has 0 bridgehead atoms. The molecule has 21 heavy (non-hydrogen) atoms. The molecule has 1 aliphatic heterocycles. The van der Waals surface area contributed by atoms with E-state index in [0.29, 0.717) is 0 Å². The molecule has 0 amide bonds. The lowest BCUT2D eigenvalue weighted by molar-refractivity contribution is 0.219. The van der Waals surface area contributed by atoms with Crippen LogP contribution >= 0.6 is 0 Å². The molecule has 1 atom stereocenters. The van der Waals surface area contributed by atoms with E-state index in [1.807, 2.05) is 12.3 Å². The van der Waals surface area contributed by atoms with E-state index in [-0.39, 0.29) is 0 Å². The van der Waals surface area contributed by atoms with Crippen molar-refractivity contribution >= 4 is 10.9 Å². The molecule has 0 spiro atoms. The molecule has 0 saturated carbocycles. The summed E-state index contributed by atoms with van der Waals surface area (Å²) in [5, 5.41) is 4.77. The minimum Gasteiger partial charge on any atom is -0.316 e. The number of aromatic nitrogens is 1. The van der Waals surface area contributed by atoms with E-state index in [0.717, 1.165) is 32.0 Å². The third kappa shape index (κ3) is 3.80. The van der Waals surface area contributed by atoms with Crippen molar-refractivity contribution in [3.8, 4) is 0 Å². The Bertz CT molecular complexity index is 576. The van der Waals surface area contributed by atoms with Crippen LogP contribution in [0.5, 0.6) is 0 Å². The van der Waals surface area contributed by atoms with Gasteiger partial charge in [-0.2, -0.15) is 0 Å². The largest absolute Gasteiger partial charge is 0.316 e. The summed E-state index contributed by atoms with van der Waals surface area (Å²) in [6.07, 6.45) is 4.24. The van der Waals surface area contributed by atoms with Crippen molar-refractivity contribution < 1.29 is 0 Å². The van der Waals surface area contributed by atoms with Gasteiger partial charge >= 0.3 is 0 Å². The van der Waals surface area contributed by atoms with E-state index in [1.54, 1.807) is 0 Å². The highest BCUT2D eigenvalue weighted by Gasteiger charge is 2.13. The van der Waals surface area contributed by atoms with Gasteiger partial charge in [0, 0.05) is 24.7 Å². The van der Waals surface area contributed by atoms with Crippen molar-refractivity contribution in [2.75, 3.05) is 32.7 Å². The summed E-state index contributed by atoms with van der Waals surface area (Å²) in [6.45, 7) is 8.18. The average Bonchev–Trinajstić information content (AvgIpc) is 2.49. The highest BCUT2D eigenvalue weighted by molar-refractivity contribution is 5.81. The molecule has 3 nitrogen and oxygen atoms in total. The van der Waals surface area contributed by atoms with Gasteiger partial charge in [0.2, 0.25) is 0 Å². The maximum absolute atomic E-state index is 4.56. The SMILES string of the molecule is CC1CNCCCN(CCc2cccc3cccnc23)C1. The van der Waals surface area contributed by atoms with Crippen LogP contribution in [0.4, 0.5) is 0 Å². The Kier molecular flexibility index (Phi) is 4.84. The number of pyridine rings is 1. The predicted molar refractivity (Wildman–Crippen MR) is 88.5 cm³/mol. The molecule has 112 valence electrons. The van der Waals surface area contributed by atoms with Gasteiger partial charge in [-0.3, -0.25) is 4.98 Å². The number of benzene rings is 1. The second kappa shape index (κ2) is 7.01. The van der Waals surface area contributed by atoms with E-state index in [1.165, 1.54) is 36.0 Å². The summed E-state index contributed by atoms with van der Waals surface area (Å²) >= 11 is 0. The van der Waals surface area contributed by atoms with Gasteiger partial charge in [0.25, 0.3) is 0 Å². The molecule has 1 N–H and O–H groups in total. The number of para-hydroxylation sites is 1. The van der Waals surface area contributed by atoms with E-state index < -0.39 is 0 Å². The van der Waals surface area contributed by atoms with Crippen LogP contribution in [0.1, 0.15) is 18.9 Å². The van der Waals surface area contributed by atoms with Gasteiger partial charge in [-0.1, -0.05) is 31.2 Å². The van der Waals surface area contributed by atoms with Crippen LogP contribution in [0, 0.1) is 5.92 Å². The lowest BCUT2D eigenvalue weighted by Gasteiger charge is -2.28. The Morgan fingerprint density at radius 3 is 3.14 bits per heavy atom. The standard InChI is InChI=1S/C18H25N3/c1-15-13-19-9-4-11-21(14-15)12-8-17-6-2-5-16-7-3-10-20-18(16)17/h2-3,5-7,10,15,19H,4,8-9,11-14H2,1H3. The molecule has 2 aromatic rings. The Morgan fingerprint density at radius 1 is 1.29 bits per heavy atom. The number of rotatable bonds is 3. The van der Waals surface area contributed by atoms with Crippen LogP contribution in [0.2, 0.25) is 0 Å². The Morgan fingerprint density at radius 2 is 2.19 bits per heavy atom. The van der Waals surface area contributed by atoms with Crippen molar-refractivity contribution in [3.63, 3.8) is 0 Å². The molecule has 1 aromatic carbocycles. The van der Waals surface area contributed by atoms with Gasteiger partial charge < -0.3 is 10.2 Å². The van der Waals surface area contributed by atoms with Crippen LogP contribution in [-0.4, -0.2) is 42.6 Å². The molecular weight excluding hydrogens is 258 g/mol. The summed E-state index contributed by atoms with van der Waals surface area (Å²) in [5.41, 5.74) is 2.54. The Labute approximate surface area is 127 Å². The molecule has 1 unspecified atom stereocenters. The number of hydrogen-bond donors (Lipinski definition) is 1. The van der Waals surface area contributed by atoms with Gasteiger partial charge in [0.1, 0.15) is 0 Å². The Balaban J connectivity index is 1.67. The van der Waals surface area contributed by atoms with Crippen molar-refractivity contribution in [2.45, 2.75) is 19.8 Å². The second-order valence-corrected chi connectivity index (χ2v) is 6.21. The molecular formula is C18H25N3. The minimum atomic E-state index is 0.732. The summed E-state index contributed by atoms with van der Waals surface area (Å²) in [4.78, 5) is 7.18. The van der Waals surface area contributed by atoms with Crippen molar-refractivity contribution in [1.29, 1.82) is 0 Å². The monoisotopic (exact) mass is 283 g/mol. The predicted octanol–water partition coefficient (Wildman–Crippen LogP) is 2.71. The number of fused-ring (bicyclic) bond motifs is 1. The van der Waals surface area contributed by atoms with E-state index in [2.05, 4.69) is 46.4 Å². The van der Waals surface area contributed by atoms with E-state index >= 15 is 0 Å². The second-order valence-electron chi connectivity index (χ2n) is 6.21. The average molecular weight is 283 g/mol. The zero-order valence-electron chi connectivity index (χ0n) is 12.9. The van der Waals surface area contributed by atoms with Crippen molar-refractivity contribution in [1.82, 2.24) is 15.2 Å². The molecule has 3 heteroatoms. The highest BCUT2D eigenvalue weighted by Crippen LogP contribution is 2.17. The number of nitrogens with zero attached hydrogens (tertiary/aromatic N) is 2. The fourth-order valence-corrected chi connectivity index (χ4v) is 3.22. The highest BCUT2D eigenvalue weighted by atomic mass is 15.1. The molecule has 0 aliphatic carbocycles. The van der Waals surface area contributed by atoms with Crippen molar-refractivity contribution in [3.05, 3.63) is 42.1 Å². The Hall–Kier alpha value is -1.45. The fourth-order valence-electron chi connectivity index (χ4n) is 3.22. The lowest BCUT2D eigenvalue weighted by atomic mass is 10.1. The van der Waals surface area contributed by atoms with Crippen LogP contribution in [-0.2, 0) is 6.42 Å². The van der Waals surface area contributed by atoms with Gasteiger partial charge in [-0.05, 0) is 50.0 Å². The zero-order chi connectivity index (χ0) is 14.5. The van der Waals surface area contributed by atoms with Gasteiger partial charge in [0.15, 0.2) is 0 Å². The topological polar surface area (TPSA) is 28.2 Å². The fraction of sp³-hybridized carbons (Fsp3) is 0.500. The number of nitrogens with one attached hydrogen (secondary N) is 1. The summed E-state index contributed by atoms with van der Waals surface area (Å²) in [7, 11) is 0. The van der Waals surface area contributed by atoms with Gasteiger partial charge in [-0.25, -0.2) is 0 Å². The smallest absolute Gasteiger partial charge is 0.0734 e. The summed E-state index contributed by atoms with van der Waals surface area (Å²) in [6, 6.07) is 10.7. The van der Waals surface area contributed by atoms with Crippen molar-refractivity contribution in [2.24, 2.45) is 5.92 Å². The van der Waals surface area contributed by atoms with Crippen LogP contribution in [0.25, 0.3) is 10.9 Å². The zero-order valence-corrected chi connectivity index (χ0v) is 12.9. The molecule has 1 saturated heterocycles. The maximum Gasteiger partial charge on any atom is 0.0734 e. The first kappa shape index (κ1) is 14.5. The van der Waals surface area contributed by atoms with E-state index in [4.69, 9.17) is 0 Å². The molecule has 1 aromatic heterocycles. The van der Waals surface area contributed by atoms with Gasteiger partial charge in [-0.15, -0.1) is 0 Å².